The Balaban J connectivity index is 1.54. The summed E-state index contributed by atoms with van der Waals surface area (Å²) in [4.78, 5) is 13.8. The number of carbonyl (C=O) groups is 1. The lowest BCUT2D eigenvalue weighted by Crippen LogP contribution is -2.35. The van der Waals surface area contributed by atoms with Crippen molar-refractivity contribution in [3.63, 3.8) is 0 Å². The number of aromatic nitrogens is 2. The van der Waals surface area contributed by atoms with E-state index in [4.69, 9.17) is 14.7 Å². The number of benzene rings is 1. The van der Waals surface area contributed by atoms with Gasteiger partial charge in [-0.3, -0.25) is 4.55 Å². The molecule has 2 fully saturated rings. The van der Waals surface area contributed by atoms with E-state index < -0.39 is 34.6 Å². The van der Waals surface area contributed by atoms with Gasteiger partial charge >= 0.3 is 16.4 Å². The molecule has 0 radical (unpaired) electrons. The standard InChI is InChI=1S/C15H17N5O6S/c16-12(9-4-2-1-3-5-9)14-18-17-13(25-14)11-7-6-10-8-19(11)15(21)20(10)26-27(22,23)24/h1-5,10-12H,6-8,16H2,(H,22,23,24)/t10-,11-,12?/m1/s1. The lowest BCUT2D eigenvalue weighted by atomic mass is 10.0. The van der Waals surface area contributed by atoms with Gasteiger partial charge in [0.15, 0.2) is 0 Å². The number of fused-ring (bicyclic) bond motifs is 2. The molecule has 3 N–H and O–H groups in total. The van der Waals surface area contributed by atoms with Crippen LogP contribution in [0.2, 0.25) is 0 Å². The Bertz CT molecular complexity index is 949. The number of piperidine rings is 1. The fourth-order valence-corrected chi connectivity index (χ4v) is 3.79. The molecule has 1 aromatic heterocycles. The third-order valence-corrected chi connectivity index (χ3v) is 5.01. The summed E-state index contributed by atoms with van der Waals surface area (Å²) in [6.45, 7) is 0.224. The van der Waals surface area contributed by atoms with Crippen LogP contribution in [0.15, 0.2) is 34.7 Å². The van der Waals surface area contributed by atoms with Crippen molar-refractivity contribution in [2.24, 2.45) is 5.73 Å². The number of nitrogens with zero attached hydrogens (tertiary/aromatic N) is 4. The largest absolute Gasteiger partial charge is 0.421 e. The van der Waals surface area contributed by atoms with Crippen LogP contribution in [0.1, 0.15) is 42.3 Å². The lowest BCUT2D eigenvalue weighted by molar-refractivity contribution is -0.0317. The number of carbonyl (C=O) groups excluding carboxylic acids is 1. The van der Waals surface area contributed by atoms with Gasteiger partial charge in [0, 0.05) is 6.54 Å². The molecule has 2 aliphatic rings. The third kappa shape index (κ3) is 3.39. The van der Waals surface area contributed by atoms with Gasteiger partial charge in [-0.05, 0) is 18.4 Å². The van der Waals surface area contributed by atoms with Gasteiger partial charge in [0.1, 0.15) is 12.1 Å². The Labute approximate surface area is 154 Å². The molecule has 3 atom stereocenters. The van der Waals surface area contributed by atoms with Crippen molar-refractivity contribution < 1.29 is 26.5 Å². The molecule has 4 rings (SSSR count). The monoisotopic (exact) mass is 395 g/mol. The first-order chi connectivity index (χ1) is 12.8. The van der Waals surface area contributed by atoms with Gasteiger partial charge in [-0.15, -0.1) is 14.5 Å². The van der Waals surface area contributed by atoms with Crippen LogP contribution in [0.4, 0.5) is 4.79 Å². The van der Waals surface area contributed by atoms with Crippen molar-refractivity contribution in [2.45, 2.75) is 31.0 Å². The summed E-state index contributed by atoms with van der Waals surface area (Å²) < 4.78 is 40.9. The summed E-state index contributed by atoms with van der Waals surface area (Å²) in [6.07, 6.45) is 0.925. The van der Waals surface area contributed by atoms with Crippen LogP contribution < -0.4 is 5.73 Å². The number of hydroxylamine groups is 2. The summed E-state index contributed by atoms with van der Waals surface area (Å²) in [5, 5.41) is 8.68. The maximum absolute atomic E-state index is 12.4. The van der Waals surface area contributed by atoms with Crippen LogP contribution in [0.3, 0.4) is 0 Å². The van der Waals surface area contributed by atoms with Gasteiger partial charge in [0.2, 0.25) is 11.8 Å². The molecule has 0 aliphatic carbocycles. The van der Waals surface area contributed by atoms with Crippen molar-refractivity contribution in [1.82, 2.24) is 20.2 Å². The zero-order valence-corrected chi connectivity index (χ0v) is 14.8. The van der Waals surface area contributed by atoms with Crippen LogP contribution in [0.5, 0.6) is 0 Å². The van der Waals surface area contributed by atoms with E-state index in [0.29, 0.717) is 17.9 Å². The first kappa shape index (κ1) is 17.9. The predicted molar refractivity (Wildman–Crippen MR) is 89.1 cm³/mol. The molecule has 2 saturated heterocycles. The molecule has 1 unspecified atom stereocenters. The zero-order valence-electron chi connectivity index (χ0n) is 14.0. The Morgan fingerprint density at radius 1 is 1.26 bits per heavy atom. The highest BCUT2D eigenvalue weighted by Crippen LogP contribution is 2.38. The third-order valence-electron chi connectivity index (χ3n) is 4.66. The molecule has 27 heavy (non-hydrogen) atoms. The van der Waals surface area contributed by atoms with E-state index >= 15 is 0 Å². The first-order valence-corrected chi connectivity index (χ1v) is 9.60. The Morgan fingerprint density at radius 2 is 2.00 bits per heavy atom. The van der Waals surface area contributed by atoms with E-state index in [0.717, 1.165) is 5.56 Å². The van der Waals surface area contributed by atoms with Gasteiger partial charge in [-0.25, -0.2) is 4.79 Å². The SMILES string of the molecule is NC(c1ccccc1)c1nnc([C@H]2CC[C@@H]3CN2C(=O)N3OS(=O)(=O)O)o1. The van der Waals surface area contributed by atoms with Crippen molar-refractivity contribution in [3.05, 3.63) is 47.7 Å². The van der Waals surface area contributed by atoms with Crippen LogP contribution in [-0.4, -0.2) is 51.7 Å². The van der Waals surface area contributed by atoms with Crippen LogP contribution in [0, 0.1) is 0 Å². The van der Waals surface area contributed by atoms with E-state index in [-0.39, 0.29) is 18.3 Å². The lowest BCUT2D eigenvalue weighted by Gasteiger charge is -2.27. The second kappa shape index (κ2) is 6.56. The topological polar surface area (TPSA) is 152 Å². The van der Waals surface area contributed by atoms with Crippen molar-refractivity contribution >= 4 is 16.4 Å². The minimum absolute atomic E-state index is 0.219. The van der Waals surface area contributed by atoms with Crippen LogP contribution in [-0.2, 0) is 14.7 Å². The number of rotatable bonds is 5. The molecule has 2 bridgehead atoms. The summed E-state index contributed by atoms with van der Waals surface area (Å²) in [7, 11) is -4.79. The van der Waals surface area contributed by atoms with Crippen molar-refractivity contribution in [1.29, 1.82) is 0 Å². The van der Waals surface area contributed by atoms with E-state index in [2.05, 4.69) is 14.5 Å². The normalized spacial score (nSPS) is 23.7. The molecule has 0 spiro atoms. The van der Waals surface area contributed by atoms with Crippen LogP contribution in [0.25, 0.3) is 0 Å². The molecule has 2 aromatic rings. The van der Waals surface area contributed by atoms with E-state index in [1.54, 1.807) is 0 Å². The summed E-state index contributed by atoms with van der Waals surface area (Å²) in [6, 6.07) is 6.96. The second-order valence-electron chi connectivity index (χ2n) is 6.38. The van der Waals surface area contributed by atoms with E-state index in [9.17, 15) is 13.2 Å². The number of urea groups is 1. The summed E-state index contributed by atoms with van der Waals surface area (Å²) >= 11 is 0. The Kier molecular flexibility index (Phi) is 4.34. The van der Waals surface area contributed by atoms with E-state index in [1.807, 2.05) is 30.3 Å². The molecule has 2 aliphatic heterocycles. The minimum Gasteiger partial charge on any atom is -0.421 e. The van der Waals surface area contributed by atoms with Gasteiger partial charge in [0.25, 0.3) is 0 Å². The molecular formula is C15H17N5O6S. The maximum Gasteiger partial charge on any atom is 0.418 e. The highest BCUT2D eigenvalue weighted by atomic mass is 32.3. The fraction of sp³-hybridized carbons (Fsp3) is 0.400. The highest BCUT2D eigenvalue weighted by Gasteiger charge is 2.49. The van der Waals surface area contributed by atoms with E-state index in [1.165, 1.54) is 4.90 Å². The highest BCUT2D eigenvalue weighted by molar-refractivity contribution is 7.80. The summed E-state index contributed by atoms with van der Waals surface area (Å²) in [5.74, 6) is 0.438. The van der Waals surface area contributed by atoms with Gasteiger partial charge in [0.05, 0.1) is 6.04 Å². The average Bonchev–Trinajstić information content (AvgIpc) is 3.22. The van der Waals surface area contributed by atoms with Crippen molar-refractivity contribution in [3.8, 4) is 0 Å². The molecule has 3 heterocycles. The molecule has 12 heteroatoms. The molecule has 144 valence electrons. The zero-order chi connectivity index (χ0) is 19.2. The van der Waals surface area contributed by atoms with Gasteiger partial charge in [-0.1, -0.05) is 30.3 Å². The predicted octanol–water partition coefficient (Wildman–Crippen LogP) is 0.793. The van der Waals surface area contributed by atoms with Gasteiger partial charge in [-0.2, -0.15) is 13.5 Å². The fourth-order valence-electron chi connectivity index (χ4n) is 3.40. The van der Waals surface area contributed by atoms with Crippen LogP contribution >= 0.6 is 0 Å². The molecule has 11 nitrogen and oxygen atoms in total. The Hall–Kier alpha value is -2.54. The number of nitrogens with two attached hydrogens (primary N) is 1. The minimum atomic E-state index is -4.79. The number of amides is 2. The average molecular weight is 395 g/mol. The maximum atomic E-state index is 12.4. The molecule has 2 amide bonds. The van der Waals surface area contributed by atoms with Gasteiger partial charge < -0.3 is 15.1 Å². The molecule has 0 saturated carbocycles. The Morgan fingerprint density at radius 3 is 2.70 bits per heavy atom. The molecular weight excluding hydrogens is 378 g/mol. The smallest absolute Gasteiger partial charge is 0.418 e. The second-order valence-corrected chi connectivity index (χ2v) is 7.38. The van der Waals surface area contributed by atoms with Crippen molar-refractivity contribution in [2.75, 3.05) is 6.54 Å². The number of hydrogen-bond donors (Lipinski definition) is 2. The summed E-state index contributed by atoms with van der Waals surface area (Å²) in [5.41, 5.74) is 6.96. The molecule has 1 aromatic carbocycles. The number of hydrogen-bond acceptors (Lipinski definition) is 8. The quantitative estimate of drug-likeness (QED) is 0.700. The first-order valence-electron chi connectivity index (χ1n) is 8.24.